The number of hydrogen-bond donors (Lipinski definition) is 3. The van der Waals surface area contributed by atoms with Gasteiger partial charge in [0, 0.05) is 11.6 Å². The summed E-state index contributed by atoms with van der Waals surface area (Å²) in [6, 6.07) is 12.0. The number of morpholine rings is 1. The van der Waals surface area contributed by atoms with Gasteiger partial charge in [-0.1, -0.05) is 49.6 Å². The molecule has 3 N–H and O–H groups in total. The summed E-state index contributed by atoms with van der Waals surface area (Å²) in [5.41, 5.74) is 1.37. The summed E-state index contributed by atoms with van der Waals surface area (Å²) in [4.78, 5) is 1.58. The van der Waals surface area contributed by atoms with Gasteiger partial charge in [-0.2, -0.15) is 0 Å². The first-order valence-electron chi connectivity index (χ1n) is 9.78. The van der Waals surface area contributed by atoms with Crippen molar-refractivity contribution in [2.24, 2.45) is 0 Å². The minimum absolute atomic E-state index is 0.277. The molecule has 1 aliphatic heterocycles. The van der Waals surface area contributed by atoms with Gasteiger partial charge in [-0.05, 0) is 32.0 Å². The summed E-state index contributed by atoms with van der Waals surface area (Å²) in [5, 5.41) is 7.94. The van der Waals surface area contributed by atoms with Crippen molar-refractivity contribution < 1.29 is 9.64 Å². The minimum atomic E-state index is 0.277. The topological polar surface area (TPSA) is 37.7 Å². The molecule has 1 aromatic carbocycles. The minimum Gasteiger partial charge on any atom is -0.370 e. The highest BCUT2D eigenvalue weighted by molar-refractivity contribution is 7.80. The molecule has 2 fully saturated rings. The Bertz CT molecular complexity index is 527. The van der Waals surface area contributed by atoms with E-state index in [4.69, 9.17) is 17.0 Å². The predicted molar refractivity (Wildman–Crippen MR) is 106 cm³/mol. The molecule has 25 heavy (non-hydrogen) atoms. The van der Waals surface area contributed by atoms with Crippen molar-refractivity contribution in [1.29, 1.82) is 0 Å². The highest BCUT2D eigenvalue weighted by Crippen LogP contribution is 2.18. The van der Waals surface area contributed by atoms with Crippen molar-refractivity contribution in [1.82, 2.24) is 10.6 Å². The zero-order valence-electron chi connectivity index (χ0n) is 15.3. The predicted octanol–water partition coefficient (Wildman–Crippen LogP) is 1.83. The summed E-state index contributed by atoms with van der Waals surface area (Å²) in [5.74, 6) is 0. The van der Waals surface area contributed by atoms with Gasteiger partial charge < -0.3 is 20.3 Å². The number of hydrogen-bond acceptors (Lipinski definition) is 2. The fraction of sp³-hybridized carbons (Fsp3) is 0.650. The summed E-state index contributed by atoms with van der Waals surface area (Å²) in [7, 11) is 0. The van der Waals surface area contributed by atoms with Crippen LogP contribution in [0.4, 0.5) is 0 Å². The van der Waals surface area contributed by atoms with Gasteiger partial charge >= 0.3 is 0 Å². The van der Waals surface area contributed by atoms with Gasteiger partial charge in [-0.25, -0.2) is 0 Å². The van der Waals surface area contributed by atoms with Crippen LogP contribution in [-0.4, -0.2) is 43.5 Å². The summed E-state index contributed by atoms with van der Waals surface area (Å²) in [6.45, 7) is 6.05. The van der Waals surface area contributed by atoms with Crippen molar-refractivity contribution in [2.75, 3.05) is 26.3 Å². The van der Waals surface area contributed by atoms with Crippen molar-refractivity contribution in [3.05, 3.63) is 35.9 Å². The zero-order valence-corrected chi connectivity index (χ0v) is 16.1. The first-order valence-corrected chi connectivity index (χ1v) is 10.2. The van der Waals surface area contributed by atoms with Gasteiger partial charge in [0.05, 0.1) is 19.3 Å². The Hall–Kier alpha value is -1.17. The summed E-state index contributed by atoms with van der Waals surface area (Å²) in [6.07, 6.45) is 6.49. The Labute approximate surface area is 157 Å². The SMILES string of the molecule is C[C@H](NC(=S)NC1CCCCC1)[C@@H](c1ccccc1)[NH+]1CCOCC1. The monoisotopic (exact) mass is 362 g/mol. The third-order valence-electron chi connectivity index (χ3n) is 5.53. The molecule has 0 radical (unpaired) electrons. The fourth-order valence-electron chi connectivity index (χ4n) is 4.25. The molecule has 1 aromatic rings. The molecule has 0 unspecified atom stereocenters. The average Bonchev–Trinajstić information content (AvgIpc) is 2.64. The average molecular weight is 363 g/mol. The second kappa shape index (κ2) is 9.51. The van der Waals surface area contributed by atoms with Crippen LogP contribution >= 0.6 is 12.2 Å². The molecule has 0 amide bonds. The van der Waals surface area contributed by atoms with Crippen LogP contribution in [0.2, 0.25) is 0 Å². The number of quaternary nitrogens is 1. The number of ether oxygens (including phenoxy) is 1. The molecule has 0 spiro atoms. The molecule has 0 bridgehead atoms. The molecular formula is C20H32N3OS+. The molecule has 5 heteroatoms. The van der Waals surface area contributed by atoms with Gasteiger partial charge in [0.2, 0.25) is 0 Å². The normalized spacial score (nSPS) is 22.1. The number of thiocarbonyl (C=S) groups is 1. The maximum Gasteiger partial charge on any atom is 0.166 e. The quantitative estimate of drug-likeness (QED) is 0.699. The lowest BCUT2D eigenvalue weighted by Crippen LogP contribution is -3.15. The lowest BCUT2D eigenvalue weighted by atomic mass is 9.95. The molecule has 2 atom stereocenters. The van der Waals surface area contributed by atoms with Gasteiger partial charge in [-0.15, -0.1) is 0 Å². The Kier molecular flexibility index (Phi) is 7.08. The lowest BCUT2D eigenvalue weighted by molar-refractivity contribution is -0.940. The maximum atomic E-state index is 5.63. The van der Waals surface area contributed by atoms with E-state index in [1.807, 2.05) is 0 Å². The van der Waals surface area contributed by atoms with Crippen LogP contribution < -0.4 is 15.5 Å². The van der Waals surface area contributed by atoms with Crippen LogP contribution in [-0.2, 0) is 4.74 Å². The molecule has 1 saturated heterocycles. The third-order valence-corrected chi connectivity index (χ3v) is 5.77. The second-order valence-corrected chi connectivity index (χ2v) is 7.81. The maximum absolute atomic E-state index is 5.63. The summed E-state index contributed by atoms with van der Waals surface area (Å²) >= 11 is 5.63. The Morgan fingerprint density at radius 2 is 1.80 bits per heavy atom. The molecule has 1 saturated carbocycles. The van der Waals surface area contributed by atoms with Gasteiger partial charge in [0.1, 0.15) is 19.1 Å². The van der Waals surface area contributed by atoms with Crippen LogP contribution in [0.5, 0.6) is 0 Å². The second-order valence-electron chi connectivity index (χ2n) is 7.40. The van der Waals surface area contributed by atoms with Gasteiger partial charge in [-0.3, -0.25) is 0 Å². The standard InChI is InChI=1S/C20H31N3OS/c1-16(21-20(25)22-18-10-6-3-7-11-18)19(17-8-4-2-5-9-17)23-12-14-24-15-13-23/h2,4-5,8-9,16,18-19H,3,6-7,10-15H2,1H3,(H2,21,22,25)/p+1/t16-,19-/m0/s1. The molecule has 4 nitrogen and oxygen atoms in total. The van der Waals surface area contributed by atoms with Crippen LogP contribution in [0.25, 0.3) is 0 Å². The number of rotatable bonds is 5. The van der Waals surface area contributed by atoms with Crippen molar-refractivity contribution in [2.45, 2.75) is 57.2 Å². The Morgan fingerprint density at radius 1 is 1.12 bits per heavy atom. The molecule has 138 valence electrons. The third kappa shape index (κ3) is 5.40. The molecule has 1 aliphatic carbocycles. The van der Waals surface area contributed by atoms with Crippen molar-refractivity contribution in [3.63, 3.8) is 0 Å². The van der Waals surface area contributed by atoms with Crippen LogP contribution in [0, 0.1) is 0 Å². The van der Waals surface area contributed by atoms with Crippen LogP contribution in [0.3, 0.4) is 0 Å². The first-order chi connectivity index (χ1) is 12.2. The molecular weight excluding hydrogens is 330 g/mol. The van der Waals surface area contributed by atoms with Crippen LogP contribution in [0.1, 0.15) is 50.6 Å². The van der Waals surface area contributed by atoms with Crippen molar-refractivity contribution in [3.8, 4) is 0 Å². The van der Waals surface area contributed by atoms with E-state index in [2.05, 4.69) is 47.9 Å². The van der Waals surface area contributed by atoms with E-state index < -0.39 is 0 Å². The first kappa shape index (κ1) is 18.6. The number of benzene rings is 1. The van der Waals surface area contributed by atoms with E-state index in [0.29, 0.717) is 12.1 Å². The highest BCUT2D eigenvalue weighted by atomic mass is 32.1. The van der Waals surface area contributed by atoms with E-state index in [1.54, 1.807) is 4.90 Å². The van der Waals surface area contributed by atoms with E-state index in [9.17, 15) is 0 Å². The molecule has 0 aromatic heterocycles. The Balaban J connectivity index is 1.63. The fourth-order valence-corrected chi connectivity index (χ4v) is 4.60. The molecule has 3 rings (SSSR count). The summed E-state index contributed by atoms with van der Waals surface area (Å²) < 4.78 is 5.57. The smallest absolute Gasteiger partial charge is 0.166 e. The highest BCUT2D eigenvalue weighted by Gasteiger charge is 2.31. The van der Waals surface area contributed by atoms with E-state index in [-0.39, 0.29) is 6.04 Å². The van der Waals surface area contributed by atoms with E-state index in [0.717, 1.165) is 31.4 Å². The lowest BCUT2D eigenvalue weighted by Gasteiger charge is -2.36. The van der Waals surface area contributed by atoms with E-state index in [1.165, 1.54) is 37.7 Å². The van der Waals surface area contributed by atoms with Crippen molar-refractivity contribution >= 4 is 17.3 Å². The number of nitrogens with one attached hydrogen (secondary N) is 3. The molecule has 2 aliphatic rings. The largest absolute Gasteiger partial charge is 0.370 e. The molecule has 1 heterocycles. The van der Waals surface area contributed by atoms with Gasteiger partial charge in [0.25, 0.3) is 0 Å². The van der Waals surface area contributed by atoms with Gasteiger partial charge in [0.15, 0.2) is 5.11 Å². The zero-order chi connectivity index (χ0) is 17.5. The Morgan fingerprint density at radius 3 is 2.48 bits per heavy atom. The van der Waals surface area contributed by atoms with E-state index >= 15 is 0 Å². The van der Waals surface area contributed by atoms with Crippen LogP contribution in [0.15, 0.2) is 30.3 Å².